The molecule has 0 bridgehead atoms. The molecule has 0 radical (unpaired) electrons. The van der Waals surface area contributed by atoms with Gasteiger partial charge >= 0.3 is 0 Å². The summed E-state index contributed by atoms with van der Waals surface area (Å²) in [7, 11) is 0. The number of rotatable bonds is 7. The van der Waals surface area contributed by atoms with Crippen LogP contribution in [0.1, 0.15) is 62.7 Å². The van der Waals surface area contributed by atoms with Gasteiger partial charge in [-0.25, -0.2) is 15.4 Å². The van der Waals surface area contributed by atoms with Crippen LogP contribution >= 0.6 is 0 Å². The van der Waals surface area contributed by atoms with Crippen molar-refractivity contribution in [3.8, 4) is 0 Å². The number of aliphatic hydroxyl groups excluding tert-OH is 1. The van der Waals surface area contributed by atoms with Gasteiger partial charge in [0.1, 0.15) is 6.33 Å². The number of aliphatic hydroxyl groups is 1. The highest BCUT2D eigenvalue weighted by Crippen LogP contribution is 2.18. The largest absolute Gasteiger partial charge is 0.393 e. The molecule has 2 unspecified atom stereocenters. The van der Waals surface area contributed by atoms with Crippen molar-refractivity contribution in [2.24, 2.45) is 0 Å². The molecule has 0 spiro atoms. The fraction of sp³-hybridized carbons (Fsp3) is 0.706. The number of aromatic nitrogens is 2. The van der Waals surface area contributed by atoms with Crippen LogP contribution in [0, 0.1) is 0 Å². The fourth-order valence-electron chi connectivity index (χ4n) is 2.89. The van der Waals surface area contributed by atoms with Crippen LogP contribution in [-0.2, 0) is 0 Å². The molecule has 0 aromatic carbocycles. The summed E-state index contributed by atoms with van der Waals surface area (Å²) in [6.07, 6.45) is 10.2. The van der Waals surface area contributed by atoms with Crippen LogP contribution in [0.2, 0.25) is 0 Å². The van der Waals surface area contributed by atoms with E-state index >= 15 is 0 Å². The molecule has 7 heteroatoms. The molecule has 1 aliphatic rings. The van der Waals surface area contributed by atoms with Crippen molar-refractivity contribution in [2.75, 3.05) is 6.54 Å². The van der Waals surface area contributed by atoms with Gasteiger partial charge in [0, 0.05) is 24.0 Å². The second-order valence-corrected chi connectivity index (χ2v) is 7.17. The average Bonchev–Trinajstić information content (AvgIpc) is 2.77. The zero-order valence-electron chi connectivity index (χ0n) is 14.6. The highest BCUT2D eigenvalue weighted by Gasteiger charge is 2.21. The molecule has 1 aliphatic carbocycles. The van der Waals surface area contributed by atoms with E-state index in [0.717, 1.165) is 38.6 Å². The summed E-state index contributed by atoms with van der Waals surface area (Å²) in [5.41, 5.74) is 5.95. The lowest BCUT2D eigenvalue weighted by molar-refractivity contribution is 0.0907. The molecule has 1 aromatic rings. The first-order valence-electron chi connectivity index (χ1n) is 8.70. The minimum atomic E-state index is -0.248. The van der Waals surface area contributed by atoms with Crippen molar-refractivity contribution in [1.82, 2.24) is 26.1 Å². The maximum atomic E-state index is 12.0. The van der Waals surface area contributed by atoms with Gasteiger partial charge in [0.15, 0.2) is 0 Å². The molecule has 1 amide bonds. The minimum Gasteiger partial charge on any atom is -0.393 e. The predicted octanol–water partition coefficient (Wildman–Crippen LogP) is 1.16. The van der Waals surface area contributed by atoms with Crippen LogP contribution in [0.15, 0.2) is 18.7 Å². The second kappa shape index (κ2) is 9.05. The highest BCUT2D eigenvalue weighted by atomic mass is 16.3. The first kappa shape index (κ1) is 18.8. The zero-order valence-corrected chi connectivity index (χ0v) is 14.6. The summed E-state index contributed by atoms with van der Waals surface area (Å²) >= 11 is 0. The van der Waals surface area contributed by atoms with Crippen molar-refractivity contribution in [3.05, 3.63) is 24.3 Å². The topological polar surface area (TPSA) is 99.2 Å². The molecule has 0 aliphatic heterocycles. The maximum Gasteiger partial charge on any atom is 0.268 e. The molecular weight excluding hydrogens is 306 g/mol. The van der Waals surface area contributed by atoms with Crippen LogP contribution < -0.4 is 16.2 Å². The Morgan fingerprint density at radius 2 is 2.00 bits per heavy atom. The summed E-state index contributed by atoms with van der Waals surface area (Å²) in [4.78, 5) is 19.7. The third-order valence-corrected chi connectivity index (χ3v) is 4.42. The van der Waals surface area contributed by atoms with E-state index in [-0.39, 0.29) is 17.6 Å². The minimum absolute atomic E-state index is 0.177. The summed E-state index contributed by atoms with van der Waals surface area (Å²) in [6.45, 7) is 4.92. The van der Waals surface area contributed by atoms with Gasteiger partial charge in [0.05, 0.1) is 11.7 Å². The zero-order chi connectivity index (χ0) is 17.4. The molecule has 134 valence electrons. The van der Waals surface area contributed by atoms with Gasteiger partial charge < -0.3 is 10.4 Å². The highest BCUT2D eigenvalue weighted by molar-refractivity contribution is 5.93. The molecule has 1 aromatic heterocycles. The number of amides is 1. The molecule has 0 saturated heterocycles. The molecule has 1 saturated carbocycles. The lowest BCUT2D eigenvalue weighted by Crippen LogP contribution is -2.52. The van der Waals surface area contributed by atoms with Gasteiger partial charge in [-0.2, -0.15) is 0 Å². The third-order valence-electron chi connectivity index (χ3n) is 4.42. The van der Waals surface area contributed by atoms with Crippen molar-refractivity contribution in [1.29, 1.82) is 0 Å². The molecule has 2 rings (SSSR count). The van der Waals surface area contributed by atoms with Gasteiger partial charge in [-0.1, -0.05) is 12.8 Å². The van der Waals surface area contributed by atoms with Gasteiger partial charge in [0.25, 0.3) is 5.91 Å². The smallest absolute Gasteiger partial charge is 0.268 e. The molecule has 4 N–H and O–H groups in total. The normalized spacial score (nSPS) is 22.0. The summed E-state index contributed by atoms with van der Waals surface area (Å²) in [5, 5.41) is 13.4. The molecule has 24 heavy (non-hydrogen) atoms. The summed E-state index contributed by atoms with van der Waals surface area (Å²) in [6, 6.07) is 0.384. The monoisotopic (exact) mass is 335 g/mol. The maximum absolute atomic E-state index is 12.0. The van der Waals surface area contributed by atoms with Crippen LogP contribution in [0.5, 0.6) is 0 Å². The third kappa shape index (κ3) is 6.51. The number of hydrazine groups is 1. The number of nitrogens with zero attached hydrogens (tertiary/aromatic N) is 2. The Bertz CT molecular complexity index is 509. The molecule has 1 heterocycles. The van der Waals surface area contributed by atoms with Crippen LogP contribution in [0.25, 0.3) is 0 Å². The molecule has 2 atom stereocenters. The molecular formula is C17H29N5O2. The molecule has 7 nitrogen and oxygen atoms in total. The quantitative estimate of drug-likeness (QED) is 0.441. The van der Waals surface area contributed by atoms with E-state index in [1.165, 1.54) is 25.1 Å². The lowest BCUT2D eigenvalue weighted by Gasteiger charge is -2.28. The Hall–Kier alpha value is -1.57. The number of hydrogen-bond acceptors (Lipinski definition) is 6. The van der Waals surface area contributed by atoms with Gasteiger partial charge in [0.2, 0.25) is 0 Å². The van der Waals surface area contributed by atoms with E-state index in [1.807, 2.05) is 13.8 Å². The fourth-order valence-corrected chi connectivity index (χ4v) is 2.89. The van der Waals surface area contributed by atoms with E-state index in [0.29, 0.717) is 11.6 Å². The Labute approximate surface area is 143 Å². The average molecular weight is 335 g/mol. The van der Waals surface area contributed by atoms with E-state index in [9.17, 15) is 9.90 Å². The number of nitrogens with one attached hydrogen (secondary N) is 3. The van der Waals surface area contributed by atoms with E-state index in [2.05, 4.69) is 26.1 Å². The van der Waals surface area contributed by atoms with Gasteiger partial charge in [-0.05, 0) is 46.1 Å². The first-order valence-corrected chi connectivity index (χ1v) is 8.70. The van der Waals surface area contributed by atoms with Crippen LogP contribution in [-0.4, -0.2) is 45.2 Å². The van der Waals surface area contributed by atoms with E-state index in [1.54, 1.807) is 0 Å². The standard InChI is InChI=1S/C17H29N5O2/c1-17(2,22-21-16(24)13-10-18-12-19-11-13)7-8-20-14-5-3-4-6-15(23)9-14/h10-12,14-15,20,22-23H,3-9H2,1-2H3,(H,21,24). The predicted molar refractivity (Wildman–Crippen MR) is 92.2 cm³/mol. The Morgan fingerprint density at radius 3 is 2.75 bits per heavy atom. The van der Waals surface area contributed by atoms with Crippen LogP contribution in [0.3, 0.4) is 0 Å². The second-order valence-electron chi connectivity index (χ2n) is 7.17. The lowest BCUT2D eigenvalue weighted by atomic mass is 10.0. The number of carbonyl (C=O) groups excluding carboxylic acids is 1. The first-order chi connectivity index (χ1) is 11.5. The van der Waals surface area contributed by atoms with Crippen molar-refractivity contribution < 1.29 is 9.90 Å². The van der Waals surface area contributed by atoms with Crippen molar-refractivity contribution >= 4 is 5.91 Å². The Balaban J connectivity index is 1.70. The molecule has 1 fully saturated rings. The Morgan fingerprint density at radius 1 is 1.29 bits per heavy atom. The Kier molecular flexibility index (Phi) is 7.08. The van der Waals surface area contributed by atoms with Crippen molar-refractivity contribution in [3.63, 3.8) is 0 Å². The van der Waals surface area contributed by atoms with Crippen LogP contribution in [0.4, 0.5) is 0 Å². The number of hydrogen-bond donors (Lipinski definition) is 4. The van der Waals surface area contributed by atoms with Crippen molar-refractivity contribution in [2.45, 2.75) is 70.1 Å². The van der Waals surface area contributed by atoms with Gasteiger partial charge in [-0.3, -0.25) is 10.2 Å². The SMILES string of the molecule is CC(C)(CCNC1CCCCC(O)C1)NNC(=O)c1cncnc1. The summed E-state index contributed by atoms with van der Waals surface area (Å²) < 4.78 is 0. The van der Waals surface area contributed by atoms with Gasteiger partial charge in [-0.15, -0.1) is 0 Å². The number of carbonyl (C=O) groups is 1. The van der Waals surface area contributed by atoms with E-state index < -0.39 is 0 Å². The summed E-state index contributed by atoms with van der Waals surface area (Å²) in [5.74, 6) is -0.247. The van der Waals surface area contributed by atoms with E-state index in [4.69, 9.17) is 0 Å².